The molecule has 0 amide bonds. The van der Waals surface area contributed by atoms with Gasteiger partial charge in [0, 0.05) is 6.54 Å². The van der Waals surface area contributed by atoms with E-state index in [-0.39, 0.29) is 0 Å². The fourth-order valence-electron chi connectivity index (χ4n) is 1.39. The van der Waals surface area contributed by atoms with E-state index in [2.05, 4.69) is 12.4 Å². The highest BCUT2D eigenvalue weighted by molar-refractivity contribution is 4.75. The zero-order chi connectivity index (χ0) is 7.40. The largest absolute Gasteiger partial charge is 0.305 e. The van der Waals surface area contributed by atoms with Gasteiger partial charge in [-0.15, -0.1) is 0 Å². The summed E-state index contributed by atoms with van der Waals surface area (Å²) in [5.74, 6) is 1.75. The van der Waals surface area contributed by atoms with Crippen LogP contribution in [0.2, 0.25) is 0 Å². The molecular weight excluding hydrogens is 126 g/mol. The standard InChI is InChI=1S/C8H17NO/c1-7(6-9-10-2)8-4-3-5-8/h7-9H,3-6H2,1-2H3. The van der Waals surface area contributed by atoms with E-state index in [1.54, 1.807) is 7.11 Å². The van der Waals surface area contributed by atoms with Crippen molar-refractivity contribution in [2.45, 2.75) is 26.2 Å². The predicted octanol–water partition coefficient (Wildman–Crippen LogP) is 1.57. The number of hydrogen-bond acceptors (Lipinski definition) is 2. The zero-order valence-corrected chi connectivity index (χ0v) is 6.89. The lowest BCUT2D eigenvalue weighted by atomic mass is 9.77. The van der Waals surface area contributed by atoms with Crippen molar-refractivity contribution in [1.82, 2.24) is 5.48 Å². The van der Waals surface area contributed by atoms with E-state index in [0.29, 0.717) is 0 Å². The van der Waals surface area contributed by atoms with E-state index < -0.39 is 0 Å². The Labute approximate surface area is 62.9 Å². The number of hydroxylamine groups is 1. The van der Waals surface area contributed by atoms with E-state index in [1.165, 1.54) is 19.3 Å². The maximum absolute atomic E-state index is 4.78. The molecule has 1 N–H and O–H groups in total. The van der Waals surface area contributed by atoms with Gasteiger partial charge in [-0.2, -0.15) is 0 Å². The summed E-state index contributed by atoms with van der Waals surface area (Å²) in [6.07, 6.45) is 4.28. The lowest BCUT2D eigenvalue weighted by Crippen LogP contribution is -2.29. The lowest BCUT2D eigenvalue weighted by Gasteiger charge is -2.31. The molecule has 0 aromatic rings. The van der Waals surface area contributed by atoms with E-state index in [4.69, 9.17) is 4.84 Å². The molecule has 1 aliphatic rings. The summed E-state index contributed by atoms with van der Waals surface area (Å²) < 4.78 is 0. The van der Waals surface area contributed by atoms with Crippen molar-refractivity contribution < 1.29 is 4.84 Å². The summed E-state index contributed by atoms with van der Waals surface area (Å²) in [5, 5.41) is 0. The van der Waals surface area contributed by atoms with E-state index in [0.717, 1.165) is 18.4 Å². The van der Waals surface area contributed by atoms with Crippen LogP contribution in [0.4, 0.5) is 0 Å². The van der Waals surface area contributed by atoms with Crippen LogP contribution in [0.5, 0.6) is 0 Å². The van der Waals surface area contributed by atoms with Crippen molar-refractivity contribution in [2.75, 3.05) is 13.7 Å². The van der Waals surface area contributed by atoms with E-state index >= 15 is 0 Å². The fraction of sp³-hybridized carbons (Fsp3) is 1.00. The van der Waals surface area contributed by atoms with Crippen LogP contribution in [0.1, 0.15) is 26.2 Å². The summed E-state index contributed by atoms with van der Waals surface area (Å²) in [5.41, 5.74) is 2.90. The first kappa shape index (κ1) is 8.02. The molecule has 0 saturated heterocycles. The SMILES string of the molecule is CONCC(C)C1CCC1. The molecule has 1 rings (SSSR count). The van der Waals surface area contributed by atoms with Gasteiger partial charge in [0.25, 0.3) is 0 Å². The van der Waals surface area contributed by atoms with Crippen LogP contribution >= 0.6 is 0 Å². The molecule has 0 aromatic carbocycles. The average Bonchev–Trinajstić information content (AvgIpc) is 1.79. The Balaban J connectivity index is 2.02. The van der Waals surface area contributed by atoms with Gasteiger partial charge in [0.1, 0.15) is 0 Å². The smallest absolute Gasteiger partial charge is 0.0572 e. The molecule has 1 unspecified atom stereocenters. The topological polar surface area (TPSA) is 21.3 Å². The lowest BCUT2D eigenvalue weighted by molar-refractivity contribution is 0.0648. The van der Waals surface area contributed by atoms with Crippen molar-refractivity contribution in [3.63, 3.8) is 0 Å². The third kappa shape index (κ3) is 1.96. The van der Waals surface area contributed by atoms with Crippen molar-refractivity contribution in [2.24, 2.45) is 11.8 Å². The number of rotatable bonds is 4. The molecule has 0 bridgehead atoms. The normalized spacial score (nSPS) is 22.2. The Morgan fingerprint density at radius 3 is 2.70 bits per heavy atom. The molecule has 1 aliphatic carbocycles. The van der Waals surface area contributed by atoms with Crippen LogP contribution in [0, 0.1) is 11.8 Å². The zero-order valence-electron chi connectivity index (χ0n) is 6.89. The van der Waals surface area contributed by atoms with Gasteiger partial charge in [0.15, 0.2) is 0 Å². The Morgan fingerprint density at radius 1 is 1.60 bits per heavy atom. The monoisotopic (exact) mass is 143 g/mol. The first-order chi connectivity index (χ1) is 4.84. The van der Waals surface area contributed by atoms with Crippen molar-refractivity contribution in [1.29, 1.82) is 0 Å². The highest BCUT2D eigenvalue weighted by Crippen LogP contribution is 2.32. The van der Waals surface area contributed by atoms with Crippen molar-refractivity contribution >= 4 is 0 Å². The van der Waals surface area contributed by atoms with Crippen LogP contribution in [0.25, 0.3) is 0 Å². The summed E-state index contributed by atoms with van der Waals surface area (Å²) >= 11 is 0. The van der Waals surface area contributed by atoms with Gasteiger partial charge in [-0.1, -0.05) is 26.2 Å². The molecule has 1 atom stereocenters. The minimum atomic E-state index is 0.786. The summed E-state index contributed by atoms with van der Waals surface area (Å²) in [6.45, 7) is 3.29. The van der Waals surface area contributed by atoms with Gasteiger partial charge in [0.05, 0.1) is 7.11 Å². The third-order valence-electron chi connectivity index (χ3n) is 2.50. The Kier molecular flexibility index (Phi) is 3.16. The van der Waals surface area contributed by atoms with Gasteiger partial charge in [-0.25, -0.2) is 5.48 Å². The quantitative estimate of drug-likeness (QED) is 0.603. The molecule has 0 aromatic heterocycles. The Morgan fingerprint density at radius 2 is 2.30 bits per heavy atom. The minimum absolute atomic E-state index is 0.786. The first-order valence-corrected chi connectivity index (χ1v) is 4.10. The summed E-state index contributed by atoms with van der Waals surface area (Å²) in [7, 11) is 1.67. The second-order valence-corrected chi connectivity index (χ2v) is 3.22. The van der Waals surface area contributed by atoms with Crippen LogP contribution in [0.15, 0.2) is 0 Å². The van der Waals surface area contributed by atoms with Gasteiger partial charge in [-0.05, 0) is 11.8 Å². The van der Waals surface area contributed by atoms with E-state index in [9.17, 15) is 0 Å². The van der Waals surface area contributed by atoms with Crippen LogP contribution in [0.3, 0.4) is 0 Å². The predicted molar refractivity (Wildman–Crippen MR) is 41.5 cm³/mol. The van der Waals surface area contributed by atoms with Gasteiger partial charge in [-0.3, -0.25) is 0 Å². The molecule has 1 fully saturated rings. The molecule has 0 radical (unpaired) electrons. The van der Waals surface area contributed by atoms with Crippen LogP contribution in [-0.4, -0.2) is 13.7 Å². The van der Waals surface area contributed by atoms with Crippen LogP contribution in [-0.2, 0) is 4.84 Å². The van der Waals surface area contributed by atoms with E-state index in [1.807, 2.05) is 0 Å². The molecular formula is C8H17NO. The summed E-state index contributed by atoms with van der Waals surface area (Å²) in [6, 6.07) is 0. The van der Waals surface area contributed by atoms with Gasteiger partial charge in [0.2, 0.25) is 0 Å². The van der Waals surface area contributed by atoms with Gasteiger partial charge >= 0.3 is 0 Å². The molecule has 1 saturated carbocycles. The molecule has 0 spiro atoms. The maximum atomic E-state index is 4.78. The number of hydrogen-bond donors (Lipinski definition) is 1. The summed E-state index contributed by atoms with van der Waals surface area (Å²) in [4.78, 5) is 4.78. The van der Waals surface area contributed by atoms with Crippen molar-refractivity contribution in [3.05, 3.63) is 0 Å². The Hall–Kier alpha value is -0.0800. The molecule has 0 heterocycles. The fourth-order valence-corrected chi connectivity index (χ4v) is 1.39. The molecule has 2 nitrogen and oxygen atoms in total. The second-order valence-electron chi connectivity index (χ2n) is 3.22. The highest BCUT2D eigenvalue weighted by Gasteiger charge is 2.23. The number of nitrogens with one attached hydrogen (secondary N) is 1. The average molecular weight is 143 g/mol. The van der Waals surface area contributed by atoms with Crippen molar-refractivity contribution in [3.8, 4) is 0 Å². The minimum Gasteiger partial charge on any atom is -0.305 e. The molecule has 10 heavy (non-hydrogen) atoms. The maximum Gasteiger partial charge on any atom is 0.0572 e. The Bertz CT molecular complexity index is 91.3. The second kappa shape index (κ2) is 3.94. The molecule has 2 heteroatoms. The molecule has 0 aliphatic heterocycles. The first-order valence-electron chi connectivity index (χ1n) is 4.10. The van der Waals surface area contributed by atoms with Crippen LogP contribution < -0.4 is 5.48 Å². The van der Waals surface area contributed by atoms with Gasteiger partial charge < -0.3 is 4.84 Å². The highest BCUT2D eigenvalue weighted by atomic mass is 16.6. The molecule has 60 valence electrons. The third-order valence-corrected chi connectivity index (χ3v) is 2.50.